The van der Waals surface area contributed by atoms with E-state index in [0.717, 1.165) is 22.2 Å². The highest BCUT2D eigenvalue weighted by atomic mass is 35.5. The zero-order valence-electron chi connectivity index (χ0n) is 10.9. The first-order chi connectivity index (χ1) is 10.2. The van der Waals surface area contributed by atoms with Gasteiger partial charge in [0, 0.05) is 11.6 Å². The average Bonchev–Trinajstić information content (AvgIpc) is 2.81. The summed E-state index contributed by atoms with van der Waals surface area (Å²) in [5, 5.41) is 2.89. The number of pyridine rings is 1. The summed E-state index contributed by atoms with van der Waals surface area (Å²) in [6.07, 6.45) is 1.63. The highest BCUT2D eigenvalue weighted by Gasteiger charge is 2.10. The molecule has 0 aliphatic carbocycles. The maximum atomic E-state index is 6.00. The quantitative estimate of drug-likeness (QED) is 0.508. The smallest absolute Gasteiger partial charge is 0.184 e. The van der Waals surface area contributed by atoms with E-state index in [1.807, 2.05) is 34.9 Å². The van der Waals surface area contributed by atoms with Gasteiger partial charge in [0.15, 0.2) is 10.4 Å². The molecule has 0 aliphatic rings. The molecule has 0 unspecified atom stereocenters. The van der Waals surface area contributed by atoms with Crippen LogP contribution in [0.25, 0.3) is 27.6 Å². The number of nitrogens with one attached hydrogen (secondary N) is 1. The Balaban J connectivity index is 2.14. The first-order valence-corrected chi connectivity index (χ1v) is 7.27. The van der Waals surface area contributed by atoms with E-state index >= 15 is 0 Å². The summed E-state index contributed by atoms with van der Waals surface area (Å²) in [5.74, 6) is 0. The molecule has 0 bridgehead atoms. The van der Waals surface area contributed by atoms with Crippen molar-refractivity contribution < 1.29 is 0 Å². The number of H-pyrrole nitrogens is 1. The lowest BCUT2D eigenvalue weighted by molar-refractivity contribution is 1.05. The van der Waals surface area contributed by atoms with Crippen LogP contribution in [-0.4, -0.2) is 14.5 Å². The van der Waals surface area contributed by atoms with E-state index in [4.69, 9.17) is 23.8 Å². The Bertz CT molecular complexity index is 1030. The number of imidazole rings is 1. The Kier molecular flexibility index (Phi) is 2.80. The molecule has 3 nitrogen and oxygen atoms in total. The monoisotopic (exact) mass is 311 g/mol. The van der Waals surface area contributed by atoms with Gasteiger partial charge in [-0.3, -0.25) is 4.57 Å². The van der Waals surface area contributed by atoms with Crippen LogP contribution in [0.1, 0.15) is 0 Å². The summed E-state index contributed by atoms with van der Waals surface area (Å²) in [6, 6.07) is 16.2. The summed E-state index contributed by atoms with van der Waals surface area (Å²) in [5.41, 5.74) is 2.63. The highest BCUT2D eigenvalue weighted by Crippen LogP contribution is 2.26. The van der Waals surface area contributed by atoms with Crippen LogP contribution >= 0.6 is 23.8 Å². The Hall–Kier alpha value is -2.17. The van der Waals surface area contributed by atoms with Gasteiger partial charge >= 0.3 is 0 Å². The SMILES string of the molecule is S=c1[nH]c2cc(Cl)cnc2n1-c1cccc2ccccc12. The van der Waals surface area contributed by atoms with E-state index in [0.29, 0.717) is 9.79 Å². The minimum absolute atomic E-state index is 0.587. The number of benzene rings is 2. The van der Waals surface area contributed by atoms with Crippen LogP contribution < -0.4 is 0 Å². The van der Waals surface area contributed by atoms with Crippen LogP contribution in [0.3, 0.4) is 0 Å². The van der Waals surface area contributed by atoms with E-state index < -0.39 is 0 Å². The molecule has 2 heterocycles. The van der Waals surface area contributed by atoms with Crippen molar-refractivity contribution in [3.05, 3.63) is 64.5 Å². The Morgan fingerprint density at radius 3 is 2.81 bits per heavy atom. The summed E-state index contributed by atoms with van der Waals surface area (Å²) >= 11 is 11.5. The summed E-state index contributed by atoms with van der Waals surface area (Å²) in [4.78, 5) is 7.58. The molecule has 0 aliphatic heterocycles. The second kappa shape index (κ2) is 4.69. The molecule has 102 valence electrons. The second-order valence-corrected chi connectivity index (χ2v) is 5.61. The van der Waals surface area contributed by atoms with E-state index in [1.165, 1.54) is 5.39 Å². The van der Waals surface area contributed by atoms with Gasteiger partial charge in [0.05, 0.1) is 16.2 Å². The molecule has 4 rings (SSSR count). The van der Waals surface area contributed by atoms with Crippen LogP contribution in [0.15, 0.2) is 54.7 Å². The third kappa shape index (κ3) is 1.95. The summed E-state index contributed by atoms with van der Waals surface area (Å²) in [7, 11) is 0. The maximum absolute atomic E-state index is 6.00. The molecule has 0 amide bonds. The molecule has 2 aromatic heterocycles. The number of aromatic amines is 1. The lowest BCUT2D eigenvalue weighted by Gasteiger charge is -2.08. The van der Waals surface area contributed by atoms with Crippen LogP contribution in [0.4, 0.5) is 0 Å². The van der Waals surface area contributed by atoms with E-state index in [1.54, 1.807) is 6.20 Å². The van der Waals surface area contributed by atoms with Gasteiger partial charge in [-0.2, -0.15) is 0 Å². The van der Waals surface area contributed by atoms with E-state index in [9.17, 15) is 0 Å². The number of nitrogens with zero attached hydrogens (tertiary/aromatic N) is 2. The highest BCUT2D eigenvalue weighted by molar-refractivity contribution is 7.71. The van der Waals surface area contributed by atoms with Crippen molar-refractivity contribution in [2.45, 2.75) is 0 Å². The zero-order chi connectivity index (χ0) is 14.4. The lowest BCUT2D eigenvalue weighted by Crippen LogP contribution is -1.96. The van der Waals surface area contributed by atoms with Crippen LogP contribution in [0, 0.1) is 4.77 Å². The van der Waals surface area contributed by atoms with E-state index in [2.05, 4.69) is 28.2 Å². The molecule has 0 atom stereocenters. The number of hydrogen-bond acceptors (Lipinski definition) is 2. The van der Waals surface area contributed by atoms with Gasteiger partial charge in [-0.15, -0.1) is 0 Å². The molecular weight excluding hydrogens is 302 g/mol. The predicted molar refractivity (Wildman–Crippen MR) is 88.8 cm³/mol. The third-order valence-electron chi connectivity index (χ3n) is 3.50. The third-order valence-corrected chi connectivity index (χ3v) is 3.99. The van der Waals surface area contributed by atoms with Gasteiger partial charge in [0.25, 0.3) is 0 Å². The fraction of sp³-hybridized carbons (Fsp3) is 0. The lowest BCUT2D eigenvalue weighted by atomic mass is 10.1. The molecule has 0 spiro atoms. The number of rotatable bonds is 1. The number of fused-ring (bicyclic) bond motifs is 2. The Morgan fingerprint density at radius 2 is 1.90 bits per heavy atom. The Labute approximate surface area is 130 Å². The zero-order valence-corrected chi connectivity index (χ0v) is 12.4. The second-order valence-electron chi connectivity index (χ2n) is 4.79. The van der Waals surface area contributed by atoms with Crippen molar-refractivity contribution in [3.8, 4) is 5.69 Å². The fourth-order valence-electron chi connectivity index (χ4n) is 2.60. The van der Waals surface area contributed by atoms with Crippen LogP contribution in [0.5, 0.6) is 0 Å². The standard InChI is InChI=1S/C16H10ClN3S/c17-11-8-13-15(18-9-11)20(16(21)19-13)14-7-3-5-10-4-1-2-6-12(10)14/h1-9H,(H,19,21). The van der Waals surface area contributed by atoms with E-state index in [-0.39, 0.29) is 0 Å². The number of halogens is 1. The fourth-order valence-corrected chi connectivity index (χ4v) is 3.05. The molecule has 0 saturated heterocycles. The van der Waals surface area contributed by atoms with Gasteiger partial charge < -0.3 is 4.98 Å². The van der Waals surface area contributed by atoms with Crippen molar-refractivity contribution in [1.29, 1.82) is 0 Å². The van der Waals surface area contributed by atoms with Crippen LogP contribution in [-0.2, 0) is 0 Å². The van der Waals surface area contributed by atoms with Crippen molar-refractivity contribution in [1.82, 2.24) is 14.5 Å². The van der Waals surface area contributed by atoms with Gasteiger partial charge in [-0.25, -0.2) is 4.98 Å². The molecular formula is C16H10ClN3S. The molecule has 4 aromatic rings. The summed E-state index contributed by atoms with van der Waals surface area (Å²) < 4.78 is 2.56. The first-order valence-electron chi connectivity index (χ1n) is 6.48. The number of aromatic nitrogens is 3. The van der Waals surface area contributed by atoms with Gasteiger partial charge in [0.1, 0.15) is 0 Å². The average molecular weight is 312 g/mol. The predicted octanol–water partition coefficient (Wildman–Crippen LogP) is 4.89. The molecule has 0 fully saturated rings. The minimum Gasteiger partial charge on any atom is -0.329 e. The Morgan fingerprint density at radius 1 is 1.10 bits per heavy atom. The van der Waals surface area contributed by atoms with Crippen LogP contribution in [0.2, 0.25) is 5.02 Å². The topological polar surface area (TPSA) is 33.6 Å². The largest absolute Gasteiger partial charge is 0.329 e. The molecule has 5 heteroatoms. The number of hydrogen-bond donors (Lipinski definition) is 1. The first kappa shape index (κ1) is 12.6. The molecule has 0 radical (unpaired) electrons. The summed E-state index contributed by atoms with van der Waals surface area (Å²) in [6.45, 7) is 0. The normalized spacial score (nSPS) is 11.3. The van der Waals surface area contributed by atoms with Gasteiger partial charge in [-0.05, 0) is 29.7 Å². The van der Waals surface area contributed by atoms with Crippen molar-refractivity contribution >= 4 is 45.8 Å². The maximum Gasteiger partial charge on any atom is 0.184 e. The molecule has 2 aromatic carbocycles. The molecule has 1 N–H and O–H groups in total. The molecule has 0 saturated carbocycles. The molecule has 21 heavy (non-hydrogen) atoms. The van der Waals surface area contributed by atoms with Crippen molar-refractivity contribution in [2.75, 3.05) is 0 Å². The minimum atomic E-state index is 0.587. The van der Waals surface area contributed by atoms with Crippen molar-refractivity contribution in [3.63, 3.8) is 0 Å². The van der Waals surface area contributed by atoms with Gasteiger partial charge in [0.2, 0.25) is 0 Å². The van der Waals surface area contributed by atoms with Gasteiger partial charge in [-0.1, -0.05) is 48.0 Å². The van der Waals surface area contributed by atoms with Crippen molar-refractivity contribution in [2.24, 2.45) is 0 Å².